The van der Waals surface area contributed by atoms with Crippen molar-refractivity contribution in [3.8, 4) is 5.75 Å². The van der Waals surface area contributed by atoms with E-state index in [4.69, 9.17) is 0 Å². The summed E-state index contributed by atoms with van der Waals surface area (Å²) in [4.78, 5) is 2.54. The van der Waals surface area contributed by atoms with Gasteiger partial charge in [-0.15, -0.1) is 0 Å². The summed E-state index contributed by atoms with van der Waals surface area (Å²) in [6, 6.07) is 4.90. The summed E-state index contributed by atoms with van der Waals surface area (Å²) in [7, 11) is 0. The van der Waals surface area contributed by atoms with Crippen LogP contribution < -0.4 is 0 Å². The lowest BCUT2D eigenvalue weighted by Gasteiger charge is -2.21. The molecule has 0 aliphatic carbocycles. The summed E-state index contributed by atoms with van der Waals surface area (Å²) in [5, 5.41) is 9.77. The van der Waals surface area contributed by atoms with E-state index in [-0.39, 0.29) is 0 Å². The van der Waals surface area contributed by atoms with E-state index in [1.54, 1.807) is 0 Å². The Hall–Kier alpha value is -1.02. The molecule has 1 aromatic rings. The van der Waals surface area contributed by atoms with E-state index in [0.717, 1.165) is 23.6 Å². The van der Waals surface area contributed by atoms with Crippen molar-refractivity contribution in [2.24, 2.45) is 5.92 Å². The van der Waals surface area contributed by atoms with E-state index in [1.807, 2.05) is 13.8 Å². The molecule has 2 atom stereocenters. The lowest BCUT2D eigenvalue weighted by molar-refractivity contribution is 0.256. The molecule has 2 unspecified atom stereocenters. The van der Waals surface area contributed by atoms with Gasteiger partial charge in [-0.1, -0.05) is 19.1 Å². The monoisotopic (exact) mass is 233 g/mol. The summed E-state index contributed by atoms with van der Waals surface area (Å²) < 4.78 is 0. The van der Waals surface area contributed by atoms with Crippen molar-refractivity contribution in [2.45, 2.75) is 46.7 Å². The highest BCUT2D eigenvalue weighted by Gasteiger charge is 2.25. The van der Waals surface area contributed by atoms with Crippen molar-refractivity contribution in [1.29, 1.82) is 0 Å². The smallest absolute Gasteiger partial charge is 0.121 e. The number of phenols is 1. The van der Waals surface area contributed by atoms with Crippen LogP contribution in [0.2, 0.25) is 0 Å². The van der Waals surface area contributed by atoms with Crippen LogP contribution in [0.5, 0.6) is 5.75 Å². The topological polar surface area (TPSA) is 23.5 Å². The van der Waals surface area contributed by atoms with Gasteiger partial charge in [0.1, 0.15) is 5.75 Å². The van der Waals surface area contributed by atoms with Gasteiger partial charge in [-0.2, -0.15) is 0 Å². The minimum Gasteiger partial charge on any atom is -0.507 e. The predicted molar refractivity (Wildman–Crippen MR) is 71.2 cm³/mol. The van der Waals surface area contributed by atoms with Crippen LogP contribution in [-0.4, -0.2) is 22.6 Å². The molecule has 0 saturated carbocycles. The molecule has 94 valence electrons. The molecule has 2 nitrogen and oxygen atoms in total. The summed E-state index contributed by atoms with van der Waals surface area (Å²) >= 11 is 0. The quantitative estimate of drug-likeness (QED) is 0.847. The first-order valence-corrected chi connectivity index (χ1v) is 6.50. The highest BCUT2D eigenvalue weighted by atomic mass is 16.3. The van der Waals surface area contributed by atoms with Gasteiger partial charge in [-0.25, -0.2) is 0 Å². The van der Waals surface area contributed by atoms with Crippen molar-refractivity contribution in [3.05, 3.63) is 28.8 Å². The standard InChI is InChI=1S/C15H23NO/c1-10-5-13(4)16(8-10)9-14-6-11(2)15(17)12(3)7-14/h6-7,10,13,17H,5,8-9H2,1-4H3. The van der Waals surface area contributed by atoms with E-state index in [2.05, 4.69) is 30.9 Å². The maximum Gasteiger partial charge on any atom is 0.121 e. The van der Waals surface area contributed by atoms with Crippen LogP contribution in [0.4, 0.5) is 0 Å². The normalized spacial score (nSPS) is 25.4. The molecule has 1 aromatic carbocycles. The van der Waals surface area contributed by atoms with Gasteiger partial charge in [0.25, 0.3) is 0 Å². The molecule has 1 aliphatic rings. The molecule has 2 heteroatoms. The fraction of sp³-hybridized carbons (Fsp3) is 0.600. The Bertz CT molecular complexity index is 390. The Morgan fingerprint density at radius 3 is 2.29 bits per heavy atom. The van der Waals surface area contributed by atoms with E-state index in [0.29, 0.717) is 11.8 Å². The van der Waals surface area contributed by atoms with Gasteiger partial charge in [0.15, 0.2) is 0 Å². The summed E-state index contributed by atoms with van der Waals surface area (Å²) in [6.07, 6.45) is 1.30. The van der Waals surface area contributed by atoms with Crippen molar-refractivity contribution in [2.75, 3.05) is 6.54 Å². The van der Waals surface area contributed by atoms with E-state index < -0.39 is 0 Å². The fourth-order valence-electron chi connectivity index (χ4n) is 2.98. The van der Waals surface area contributed by atoms with Gasteiger partial charge >= 0.3 is 0 Å². The summed E-state index contributed by atoms with van der Waals surface area (Å²) in [5.74, 6) is 1.25. The molecule has 2 rings (SSSR count). The van der Waals surface area contributed by atoms with E-state index in [9.17, 15) is 5.11 Å². The first-order chi connectivity index (χ1) is 7.97. The third-order valence-corrected chi connectivity index (χ3v) is 3.85. The molecule has 1 aliphatic heterocycles. The first-order valence-electron chi connectivity index (χ1n) is 6.50. The zero-order valence-electron chi connectivity index (χ0n) is 11.3. The summed E-state index contributed by atoms with van der Waals surface area (Å²) in [5.41, 5.74) is 3.29. The van der Waals surface area contributed by atoms with E-state index >= 15 is 0 Å². The van der Waals surface area contributed by atoms with Crippen molar-refractivity contribution >= 4 is 0 Å². The van der Waals surface area contributed by atoms with Crippen molar-refractivity contribution in [1.82, 2.24) is 4.90 Å². The van der Waals surface area contributed by atoms with Gasteiger partial charge in [0, 0.05) is 19.1 Å². The van der Waals surface area contributed by atoms with Crippen molar-refractivity contribution in [3.63, 3.8) is 0 Å². The Morgan fingerprint density at radius 2 is 1.82 bits per heavy atom. The number of hydrogen-bond donors (Lipinski definition) is 1. The largest absolute Gasteiger partial charge is 0.507 e. The van der Waals surface area contributed by atoms with Crippen molar-refractivity contribution < 1.29 is 5.11 Å². The highest BCUT2D eigenvalue weighted by Crippen LogP contribution is 2.27. The molecule has 0 amide bonds. The number of likely N-dealkylation sites (tertiary alicyclic amines) is 1. The maximum atomic E-state index is 9.77. The van der Waals surface area contributed by atoms with Crippen LogP contribution in [0.3, 0.4) is 0 Å². The fourth-order valence-corrected chi connectivity index (χ4v) is 2.98. The second-order valence-corrected chi connectivity index (χ2v) is 5.70. The number of aromatic hydroxyl groups is 1. The van der Waals surface area contributed by atoms with Gasteiger partial charge in [-0.3, -0.25) is 4.90 Å². The molecule has 1 heterocycles. The average Bonchev–Trinajstić information content (AvgIpc) is 2.54. The number of hydrogen-bond acceptors (Lipinski definition) is 2. The molecule has 0 bridgehead atoms. The summed E-state index contributed by atoms with van der Waals surface area (Å²) in [6.45, 7) is 10.8. The minimum atomic E-state index is 0.441. The number of aryl methyl sites for hydroxylation is 2. The van der Waals surface area contributed by atoms with Gasteiger partial charge in [0.05, 0.1) is 0 Å². The zero-order valence-corrected chi connectivity index (χ0v) is 11.3. The Balaban J connectivity index is 2.14. The number of rotatable bonds is 2. The third-order valence-electron chi connectivity index (χ3n) is 3.85. The Labute approximate surface area is 104 Å². The van der Waals surface area contributed by atoms with Crippen LogP contribution in [0.15, 0.2) is 12.1 Å². The Morgan fingerprint density at radius 1 is 1.24 bits per heavy atom. The molecule has 17 heavy (non-hydrogen) atoms. The van der Waals surface area contributed by atoms with Gasteiger partial charge in [-0.05, 0) is 49.8 Å². The molecule has 0 aromatic heterocycles. The first kappa shape index (κ1) is 12.4. The second-order valence-electron chi connectivity index (χ2n) is 5.70. The molecule has 1 N–H and O–H groups in total. The average molecular weight is 233 g/mol. The number of phenolic OH excluding ortho intramolecular Hbond substituents is 1. The van der Waals surface area contributed by atoms with E-state index in [1.165, 1.54) is 18.5 Å². The SMILES string of the molecule is Cc1cc(CN2CC(C)CC2C)cc(C)c1O. The lowest BCUT2D eigenvalue weighted by atomic mass is 10.1. The predicted octanol–water partition coefficient (Wildman–Crippen LogP) is 3.24. The van der Waals surface area contributed by atoms with Crippen LogP contribution in [-0.2, 0) is 6.54 Å². The molecule has 1 saturated heterocycles. The van der Waals surface area contributed by atoms with Crippen LogP contribution in [0.25, 0.3) is 0 Å². The zero-order chi connectivity index (χ0) is 12.6. The van der Waals surface area contributed by atoms with Crippen LogP contribution >= 0.6 is 0 Å². The third kappa shape index (κ3) is 2.63. The molecular weight excluding hydrogens is 210 g/mol. The lowest BCUT2D eigenvalue weighted by Crippen LogP contribution is -2.26. The highest BCUT2D eigenvalue weighted by molar-refractivity contribution is 5.42. The molecule has 0 radical (unpaired) electrons. The van der Waals surface area contributed by atoms with Gasteiger partial charge in [0.2, 0.25) is 0 Å². The minimum absolute atomic E-state index is 0.441. The Kier molecular flexibility index (Phi) is 3.43. The number of benzene rings is 1. The van der Waals surface area contributed by atoms with Crippen LogP contribution in [0, 0.1) is 19.8 Å². The number of nitrogens with zero attached hydrogens (tertiary/aromatic N) is 1. The van der Waals surface area contributed by atoms with Crippen LogP contribution in [0.1, 0.15) is 37.0 Å². The molecule has 0 spiro atoms. The molecular formula is C15H23NO. The van der Waals surface area contributed by atoms with Gasteiger partial charge < -0.3 is 5.11 Å². The second kappa shape index (κ2) is 4.69. The molecule has 1 fully saturated rings. The maximum absolute atomic E-state index is 9.77.